The smallest absolute Gasteiger partial charge is 0.254 e. The molecule has 4 aromatic rings. The molecule has 3 aromatic carbocycles. The molecule has 0 bridgehead atoms. The summed E-state index contributed by atoms with van der Waals surface area (Å²) in [5.74, 6) is 2.08. The zero-order chi connectivity index (χ0) is 24.4. The molecule has 0 N–H and O–H groups in total. The third kappa shape index (κ3) is 4.92. The highest BCUT2D eigenvalue weighted by Crippen LogP contribution is 2.36. The minimum absolute atomic E-state index is 0.0368. The number of benzene rings is 3. The summed E-state index contributed by atoms with van der Waals surface area (Å²) in [6.45, 7) is 4.43. The molecule has 1 aliphatic rings. The Hall–Kier alpha value is -4.06. The van der Waals surface area contributed by atoms with Crippen LogP contribution in [0.25, 0.3) is 5.69 Å². The van der Waals surface area contributed by atoms with Gasteiger partial charge in [0.1, 0.15) is 11.5 Å². The number of hydrogen-bond acceptors (Lipinski definition) is 4. The summed E-state index contributed by atoms with van der Waals surface area (Å²) < 4.78 is 13.5. The molecule has 1 fully saturated rings. The Bertz CT molecular complexity index is 1310. The predicted molar refractivity (Wildman–Crippen MR) is 135 cm³/mol. The van der Waals surface area contributed by atoms with Gasteiger partial charge in [0.25, 0.3) is 5.91 Å². The summed E-state index contributed by atoms with van der Waals surface area (Å²) in [5, 5.41) is 4.82. The van der Waals surface area contributed by atoms with E-state index in [2.05, 4.69) is 0 Å². The molecule has 0 radical (unpaired) electrons. The van der Waals surface area contributed by atoms with E-state index in [-0.39, 0.29) is 11.9 Å². The van der Waals surface area contributed by atoms with E-state index in [4.69, 9.17) is 14.6 Å². The van der Waals surface area contributed by atoms with Crippen LogP contribution < -0.4 is 9.47 Å². The van der Waals surface area contributed by atoms with Crippen molar-refractivity contribution in [3.63, 3.8) is 0 Å². The molecule has 1 aliphatic carbocycles. The molecular formula is C29H29N3O3. The number of aromatic nitrogens is 2. The van der Waals surface area contributed by atoms with E-state index >= 15 is 0 Å². The van der Waals surface area contributed by atoms with Gasteiger partial charge in [-0.3, -0.25) is 4.79 Å². The van der Waals surface area contributed by atoms with E-state index in [1.54, 1.807) is 7.11 Å². The minimum Gasteiger partial charge on any atom is -0.497 e. The highest BCUT2D eigenvalue weighted by Gasteiger charge is 2.35. The summed E-state index contributed by atoms with van der Waals surface area (Å²) in [4.78, 5) is 15.5. The molecule has 1 heterocycles. The second-order valence-corrected chi connectivity index (χ2v) is 8.92. The van der Waals surface area contributed by atoms with E-state index in [1.165, 1.54) is 0 Å². The molecule has 6 heteroatoms. The van der Waals surface area contributed by atoms with Gasteiger partial charge < -0.3 is 14.4 Å². The van der Waals surface area contributed by atoms with Gasteiger partial charge in [-0.25, -0.2) is 4.68 Å². The van der Waals surface area contributed by atoms with Gasteiger partial charge in [0.05, 0.1) is 30.6 Å². The monoisotopic (exact) mass is 467 g/mol. The maximum atomic E-state index is 13.5. The SMILES string of the molecule is COc1ccc(Oc2c(CN(C(=O)c3ccc(C)cc3)C3CC3)c(C)nn2-c2ccccc2)cc1. The first kappa shape index (κ1) is 22.7. The van der Waals surface area contributed by atoms with Crippen LogP contribution in [0.1, 0.15) is 40.0 Å². The van der Waals surface area contributed by atoms with Crippen LogP contribution >= 0.6 is 0 Å². The number of amides is 1. The maximum Gasteiger partial charge on any atom is 0.254 e. The highest BCUT2D eigenvalue weighted by molar-refractivity contribution is 5.94. The van der Waals surface area contributed by atoms with Crippen LogP contribution in [-0.2, 0) is 6.54 Å². The molecule has 6 nitrogen and oxygen atoms in total. The van der Waals surface area contributed by atoms with Crippen LogP contribution in [0.15, 0.2) is 78.9 Å². The van der Waals surface area contributed by atoms with Gasteiger partial charge in [-0.05, 0) is 75.2 Å². The number of aryl methyl sites for hydroxylation is 2. The Kier molecular flexibility index (Phi) is 6.27. The molecule has 0 saturated heterocycles. The van der Waals surface area contributed by atoms with E-state index < -0.39 is 0 Å². The summed E-state index contributed by atoms with van der Waals surface area (Å²) in [6.07, 6.45) is 2.02. The number of methoxy groups -OCH3 is 1. The van der Waals surface area contributed by atoms with Crippen molar-refractivity contribution in [3.8, 4) is 23.1 Å². The van der Waals surface area contributed by atoms with Gasteiger partial charge in [-0.15, -0.1) is 0 Å². The van der Waals surface area contributed by atoms with E-state index in [0.29, 0.717) is 23.7 Å². The normalized spacial score (nSPS) is 12.9. The number of rotatable bonds is 8. The van der Waals surface area contributed by atoms with E-state index in [1.807, 2.05) is 102 Å². The van der Waals surface area contributed by atoms with Crippen molar-refractivity contribution in [3.05, 3.63) is 101 Å². The second kappa shape index (κ2) is 9.66. The van der Waals surface area contributed by atoms with Crippen LogP contribution in [0.2, 0.25) is 0 Å². The first-order valence-electron chi connectivity index (χ1n) is 11.9. The molecule has 1 saturated carbocycles. The zero-order valence-corrected chi connectivity index (χ0v) is 20.3. The minimum atomic E-state index is 0.0368. The van der Waals surface area contributed by atoms with Crippen molar-refractivity contribution >= 4 is 5.91 Å². The predicted octanol–water partition coefficient (Wildman–Crippen LogP) is 6.09. The topological polar surface area (TPSA) is 56.6 Å². The van der Waals surface area contributed by atoms with Crippen molar-refractivity contribution in [2.45, 2.75) is 39.3 Å². The molecular weight excluding hydrogens is 438 g/mol. The fourth-order valence-electron chi connectivity index (χ4n) is 4.11. The lowest BCUT2D eigenvalue weighted by molar-refractivity contribution is 0.0729. The number of ether oxygens (including phenoxy) is 2. The molecule has 0 aliphatic heterocycles. The second-order valence-electron chi connectivity index (χ2n) is 8.92. The fourth-order valence-corrected chi connectivity index (χ4v) is 4.11. The highest BCUT2D eigenvalue weighted by atomic mass is 16.5. The quantitative estimate of drug-likeness (QED) is 0.314. The number of hydrogen-bond donors (Lipinski definition) is 0. The van der Waals surface area contributed by atoms with Gasteiger partial charge >= 0.3 is 0 Å². The lowest BCUT2D eigenvalue weighted by Gasteiger charge is -2.23. The number of carbonyl (C=O) groups excluding carboxylic acids is 1. The van der Waals surface area contributed by atoms with Crippen LogP contribution in [0.5, 0.6) is 17.4 Å². The van der Waals surface area contributed by atoms with Gasteiger partial charge in [-0.1, -0.05) is 35.9 Å². The Morgan fingerprint density at radius 2 is 1.60 bits per heavy atom. The first-order chi connectivity index (χ1) is 17.0. The molecule has 5 rings (SSSR count). The zero-order valence-electron chi connectivity index (χ0n) is 20.3. The Morgan fingerprint density at radius 1 is 0.943 bits per heavy atom. The first-order valence-corrected chi connectivity index (χ1v) is 11.9. The molecule has 178 valence electrons. The van der Waals surface area contributed by atoms with Crippen LogP contribution in [0.4, 0.5) is 0 Å². The standard InChI is InChI=1S/C29H29N3O3/c1-20-9-11-22(12-10-20)28(33)31(23-13-14-23)19-27-21(2)30-32(24-7-5-4-6-8-24)29(27)35-26-17-15-25(34-3)16-18-26/h4-12,15-18,23H,13-14,19H2,1-3H3. The Labute approximate surface area is 205 Å². The van der Waals surface area contributed by atoms with Gasteiger partial charge in [0.15, 0.2) is 0 Å². The average Bonchev–Trinajstić information content (AvgIpc) is 3.68. The molecule has 1 aromatic heterocycles. The molecule has 0 unspecified atom stereocenters. The van der Waals surface area contributed by atoms with Crippen molar-refractivity contribution in [1.29, 1.82) is 0 Å². The summed E-state index contributed by atoms with van der Waals surface area (Å²) in [7, 11) is 1.64. The third-order valence-electron chi connectivity index (χ3n) is 6.29. The lowest BCUT2D eigenvalue weighted by atomic mass is 10.1. The maximum absolute atomic E-state index is 13.5. The molecule has 0 spiro atoms. The summed E-state index contributed by atoms with van der Waals surface area (Å²) in [6, 6.07) is 25.4. The number of para-hydroxylation sites is 1. The summed E-state index contributed by atoms with van der Waals surface area (Å²) in [5.41, 5.74) is 4.47. The number of carbonyl (C=O) groups is 1. The van der Waals surface area contributed by atoms with Crippen LogP contribution in [0, 0.1) is 13.8 Å². The van der Waals surface area contributed by atoms with Crippen LogP contribution in [0.3, 0.4) is 0 Å². The van der Waals surface area contributed by atoms with Crippen molar-refractivity contribution < 1.29 is 14.3 Å². The van der Waals surface area contributed by atoms with Gasteiger partial charge in [0, 0.05) is 11.6 Å². The van der Waals surface area contributed by atoms with Crippen molar-refractivity contribution in [2.24, 2.45) is 0 Å². The molecule has 1 amide bonds. The van der Waals surface area contributed by atoms with Crippen LogP contribution in [-0.4, -0.2) is 33.7 Å². The Balaban J connectivity index is 1.53. The van der Waals surface area contributed by atoms with Gasteiger partial charge in [0.2, 0.25) is 5.88 Å². The molecule has 35 heavy (non-hydrogen) atoms. The van der Waals surface area contributed by atoms with Crippen molar-refractivity contribution in [1.82, 2.24) is 14.7 Å². The van der Waals surface area contributed by atoms with E-state index in [0.717, 1.165) is 41.1 Å². The van der Waals surface area contributed by atoms with E-state index in [9.17, 15) is 4.79 Å². The molecule has 0 atom stereocenters. The number of nitrogens with zero attached hydrogens (tertiary/aromatic N) is 3. The largest absolute Gasteiger partial charge is 0.497 e. The summed E-state index contributed by atoms with van der Waals surface area (Å²) >= 11 is 0. The lowest BCUT2D eigenvalue weighted by Crippen LogP contribution is -2.32. The Morgan fingerprint density at radius 3 is 2.23 bits per heavy atom. The van der Waals surface area contributed by atoms with Gasteiger partial charge in [-0.2, -0.15) is 5.10 Å². The van der Waals surface area contributed by atoms with Crippen molar-refractivity contribution in [2.75, 3.05) is 7.11 Å². The fraction of sp³-hybridized carbons (Fsp3) is 0.241. The third-order valence-corrected chi connectivity index (χ3v) is 6.29. The average molecular weight is 468 g/mol.